The molecule has 1 atom stereocenters. The van der Waals surface area contributed by atoms with E-state index in [-0.39, 0.29) is 5.91 Å². The van der Waals surface area contributed by atoms with Crippen molar-refractivity contribution in [1.82, 2.24) is 5.32 Å². The van der Waals surface area contributed by atoms with Gasteiger partial charge < -0.3 is 21.1 Å². The fourth-order valence-electron chi connectivity index (χ4n) is 2.05. The summed E-state index contributed by atoms with van der Waals surface area (Å²) in [6.45, 7) is 0.304. The second kappa shape index (κ2) is 5.48. The number of carbonyl (C=O) groups excluding carboxylic acids is 1. The summed E-state index contributed by atoms with van der Waals surface area (Å²) >= 11 is 0. The highest BCUT2D eigenvalue weighted by Gasteiger charge is 2.29. The minimum atomic E-state index is -0.428. The highest BCUT2D eigenvalue weighted by Crippen LogP contribution is 2.32. The molecule has 1 aliphatic carbocycles. The average molecular weight is 263 g/mol. The van der Waals surface area contributed by atoms with E-state index in [2.05, 4.69) is 5.32 Å². The molecule has 2 rings (SSSR count). The summed E-state index contributed by atoms with van der Waals surface area (Å²) < 4.78 is 0. The molecule has 0 radical (unpaired) electrons. The lowest BCUT2D eigenvalue weighted by Crippen LogP contribution is -2.33. The summed E-state index contributed by atoms with van der Waals surface area (Å²) in [7, 11) is 3.80. The van der Waals surface area contributed by atoms with Crippen LogP contribution in [0.1, 0.15) is 23.2 Å². The summed E-state index contributed by atoms with van der Waals surface area (Å²) in [6.07, 6.45) is 1.69. The summed E-state index contributed by atoms with van der Waals surface area (Å²) in [5.74, 6) is 0.165. The molecule has 1 fully saturated rings. The Morgan fingerprint density at radius 2 is 2.21 bits per heavy atom. The number of nitrogens with one attached hydrogen (secondary N) is 1. The van der Waals surface area contributed by atoms with Gasteiger partial charge in [0.15, 0.2) is 0 Å². The van der Waals surface area contributed by atoms with Crippen LogP contribution in [0.3, 0.4) is 0 Å². The van der Waals surface area contributed by atoms with Crippen LogP contribution in [0.15, 0.2) is 18.2 Å². The van der Waals surface area contributed by atoms with E-state index in [0.29, 0.717) is 23.7 Å². The topological polar surface area (TPSA) is 78.6 Å². The Morgan fingerprint density at radius 3 is 2.74 bits per heavy atom. The normalized spacial score (nSPS) is 15.9. The van der Waals surface area contributed by atoms with Gasteiger partial charge in [0.1, 0.15) is 0 Å². The molecule has 0 heterocycles. The molecule has 0 saturated heterocycles. The molecule has 1 saturated carbocycles. The average Bonchev–Trinajstić information content (AvgIpc) is 3.19. The second-order valence-electron chi connectivity index (χ2n) is 5.28. The minimum absolute atomic E-state index is 0.197. The first-order valence-corrected chi connectivity index (χ1v) is 6.52. The molecule has 1 amide bonds. The Labute approximate surface area is 113 Å². The van der Waals surface area contributed by atoms with Gasteiger partial charge in [-0.15, -0.1) is 0 Å². The fourth-order valence-corrected chi connectivity index (χ4v) is 2.05. The van der Waals surface area contributed by atoms with Gasteiger partial charge in [0, 0.05) is 26.2 Å². The summed E-state index contributed by atoms with van der Waals surface area (Å²) in [5, 5.41) is 12.4. The molecule has 5 nitrogen and oxygen atoms in total. The Morgan fingerprint density at radius 1 is 1.53 bits per heavy atom. The largest absolute Gasteiger partial charge is 0.397 e. The molecule has 4 N–H and O–H groups in total. The molecule has 1 aliphatic rings. The number of aliphatic hydroxyl groups is 1. The van der Waals surface area contributed by atoms with E-state index in [1.54, 1.807) is 12.1 Å². The van der Waals surface area contributed by atoms with Gasteiger partial charge in [0.25, 0.3) is 5.91 Å². The van der Waals surface area contributed by atoms with Crippen molar-refractivity contribution in [2.24, 2.45) is 5.92 Å². The van der Waals surface area contributed by atoms with Crippen LogP contribution in [0, 0.1) is 5.92 Å². The van der Waals surface area contributed by atoms with Crippen molar-refractivity contribution in [3.05, 3.63) is 23.8 Å². The van der Waals surface area contributed by atoms with Gasteiger partial charge in [-0.05, 0) is 37.0 Å². The molecule has 104 valence electrons. The molecule has 19 heavy (non-hydrogen) atoms. The number of nitrogen functional groups attached to an aromatic ring is 1. The van der Waals surface area contributed by atoms with Gasteiger partial charge >= 0.3 is 0 Å². The third kappa shape index (κ3) is 3.38. The highest BCUT2D eigenvalue weighted by molar-refractivity contribution is 5.96. The van der Waals surface area contributed by atoms with E-state index in [9.17, 15) is 9.90 Å². The van der Waals surface area contributed by atoms with Gasteiger partial charge in [0.05, 0.1) is 17.5 Å². The fraction of sp³-hybridized carbons (Fsp3) is 0.500. The predicted molar refractivity (Wildman–Crippen MR) is 76.2 cm³/mol. The van der Waals surface area contributed by atoms with Crippen LogP contribution in [-0.2, 0) is 0 Å². The van der Waals surface area contributed by atoms with Crippen molar-refractivity contribution < 1.29 is 9.90 Å². The lowest BCUT2D eigenvalue weighted by Gasteiger charge is -2.16. The smallest absolute Gasteiger partial charge is 0.251 e. The first-order chi connectivity index (χ1) is 8.99. The number of anilines is 2. The van der Waals surface area contributed by atoms with E-state index in [4.69, 9.17) is 5.73 Å². The van der Waals surface area contributed by atoms with Crippen molar-refractivity contribution >= 4 is 17.3 Å². The molecule has 0 spiro atoms. The monoisotopic (exact) mass is 263 g/mol. The molecule has 1 aromatic carbocycles. The highest BCUT2D eigenvalue weighted by atomic mass is 16.3. The zero-order chi connectivity index (χ0) is 14.0. The molecule has 0 bridgehead atoms. The zero-order valence-electron chi connectivity index (χ0n) is 11.4. The molecule has 5 heteroatoms. The van der Waals surface area contributed by atoms with Gasteiger partial charge in [-0.3, -0.25) is 4.79 Å². The number of rotatable bonds is 5. The number of nitrogens with zero attached hydrogens (tertiary/aromatic N) is 1. The van der Waals surface area contributed by atoms with Crippen molar-refractivity contribution in [3.8, 4) is 0 Å². The van der Waals surface area contributed by atoms with Gasteiger partial charge in [-0.1, -0.05) is 0 Å². The summed E-state index contributed by atoms with van der Waals surface area (Å²) in [6, 6.07) is 5.22. The number of benzene rings is 1. The number of nitrogens with two attached hydrogens (primary N) is 1. The maximum atomic E-state index is 11.9. The number of aliphatic hydroxyl groups excluding tert-OH is 1. The summed E-state index contributed by atoms with van der Waals surface area (Å²) in [4.78, 5) is 13.8. The predicted octanol–water partition coefficient (Wildman–Crippen LogP) is 0.835. The number of amides is 1. The number of hydrogen-bond donors (Lipinski definition) is 3. The Bertz CT molecular complexity index is 470. The lowest BCUT2D eigenvalue weighted by atomic mass is 10.1. The van der Waals surface area contributed by atoms with Gasteiger partial charge in [-0.25, -0.2) is 0 Å². The Balaban J connectivity index is 1.96. The molecular formula is C14H21N3O2. The number of carbonyl (C=O) groups is 1. The maximum absolute atomic E-state index is 11.9. The van der Waals surface area contributed by atoms with E-state index >= 15 is 0 Å². The van der Waals surface area contributed by atoms with Crippen LogP contribution in [0.5, 0.6) is 0 Å². The third-order valence-electron chi connectivity index (χ3n) is 3.41. The van der Waals surface area contributed by atoms with Crippen LogP contribution in [0.25, 0.3) is 0 Å². The minimum Gasteiger partial charge on any atom is -0.397 e. The van der Waals surface area contributed by atoms with Crippen molar-refractivity contribution in [2.45, 2.75) is 18.9 Å². The van der Waals surface area contributed by atoms with Crippen molar-refractivity contribution in [2.75, 3.05) is 31.3 Å². The molecule has 1 unspecified atom stereocenters. The van der Waals surface area contributed by atoms with Crippen LogP contribution in [0.2, 0.25) is 0 Å². The SMILES string of the molecule is CN(C)c1ccc(C(=O)NCC(O)C2CC2)cc1N. The van der Waals surface area contributed by atoms with E-state index in [1.807, 2.05) is 25.1 Å². The molecule has 0 aliphatic heterocycles. The molecule has 1 aromatic rings. The van der Waals surface area contributed by atoms with Crippen LogP contribution >= 0.6 is 0 Å². The molecule has 0 aromatic heterocycles. The zero-order valence-corrected chi connectivity index (χ0v) is 11.4. The van der Waals surface area contributed by atoms with Gasteiger partial charge in [-0.2, -0.15) is 0 Å². The Kier molecular flexibility index (Phi) is 3.95. The van der Waals surface area contributed by atoms with Crippen LogP contribution < -0.4 is 16.0 Å². The first-order valence-electron chi connectivity index (χ1n) is 6.52. The van der Waals surface area contributed by atoms with Crippen LogP contribution in [0.4, 0.5) is 11.4 Å². The number of hydrogen-bond acceptors (Lipinski definition) is 4. The lowest BCUT2D eigenvalue weighted by molar-refractivity contribution is 0.0901. The summed E-state index contributed by atoms with van der Waals surface area (Å²) in [5.41, 5.74) is 7.88. The van der Waals surface area contributed by atoms with E-state index < -0.39 is 6.10 Å². The van der Waals surface area contributed by atoms with E-state index in [0.717, 1.165) is 18.5 Å². The van der Waals surface area contributed by atoms with Gasteiger partial charge in [0.2, 0.25) is 0 Å². The quantitative estimate of drug-likeness (QED) is 0.688. The standard InChI is InChI=1S/C14H21N3O2/c1-17(2)12-6-5-10(7-11(12)15)14(19)16-8-13(18)9-3-4-9/h5-7,9,13,18H,3-4,8,15H2,1-2H3,(H,16,19). The van der Waals surface area contributed by atoms with Crippen molar-refractivity contribution in [3.63, 3.8) is 0 Å². The Hall–Kier alpha value is -1.75. The van der Waals surface area contributed by atoms with E-state index in [1.165, 1.54) is 0 Å². The maximum Gasteiger partial charge on any atom is 0.251 e. The second-order valence-corrected chi connectivity index (χ2v) is 5.28. The first kappa shape index (κ1) is 13.7. The van der Waals surface area contributed by atoms with Crippen molar-refractivity contribution in [1.29, 1.82) is 0 Å². The molecular weight excluding hydrogens is 242 g/mol. The third-order valence-corrected chi connectivity index (χ3v) is 3.41. The van der Waals surface area contributed by atoms with Crippen LogP contribution in [-0.4, -0.2) is 37.8 Å².